The Balaban J connectivity index is 3.48. The van der Waals surface area contributed by atoms with Crippen LogP contribution in [0.25, 0.3) is 0 Å². The van der Waals surface area contributed by atoms with Crippen LogP contribution >= 0.6 is 0 Å². The molecule has 0 rings (SSSR count). The standard InChI is InChI=1S/C18H41N3/c1-6-20(7-2)15-12-16-21(8-3)14-11-9-10-13-19-17-18(4)5/h18-19H,6-17H2,1-5H3. The Morgan fingerprint density at radius 1 is 0.714 bits per heavy atom. The minimum atomic E-state index is 0.770. The van der Waals surface area contributed by atoms with Crippen LogP contribution in [-0.4, -0.2) is 62.2 Å². The average Bonchev–Trinajstić information content (AvgIpc) is 2.48. The quantitative estimate of drug-likeness (QED) is 0.467. The normalized spacial score (nSPS) is 12.0. The van der Waals surface area contributed by atoms with Gasteiger partial charge in [-0.2, -0.15) is 0 Å². The SMILES string of the molecule is CCN(CC)CCCN(CC)CCCCCNCC(C)C. The number of hydrogen-bond donors (Lipinski definition) is 1. The first-order chi connectivity index (χ1) is 10.1. The smallest absolute Gasteiger partial charge is 0.000666 e. The van der Waals surface area contributed by atoms with Crippen molar-refractivity contribution in [2.24, 2.45) is 5.92 Å². The van der Waals surface area contributed by atoms with Gasteiger partial charge in [0.05, 0.1) is 0 Å². The summed E-state index contributed by atoms with van der Waals surface area (Å²) >= 11 is 0. The Morgan fingerprint density at radius 2 is 1.29 bits per heavy atom. The molecule has 0 spiro atoms. The molecule has 0 aliphatic carbocycles. The number of rotatable bonds is 15. The van der Waals surface area contributed by atoms with E-state index in [2.05, 4.69) is 49.7 Å². The molecule has 0 unspecified atom stereocenters. The Labute approximate surface area is 134 Å². The zero-order valence-corrected chi connectivity index (χ0v) is 15.5. The maximum absolute atomic E-state index is 3.53. The number of nitrogens with zero attached hydrogens (tertiary/aromatic N) is 2. The molecule has 3 nitrogen and oxygen atoms in total. The molecule has 1 N–H and O–H groups in total. The summed E-state index contributed by atoms with van der Waals surface area (Å²) in [6, 6.07) is 0. The maximum atomic E-state index is 3.53. The van der Waals surface area contributed by atoms with Crippen LogP contribution in [0.3, 0.4) is 0 Å². The van der Waals surface area contributed by atoms with Crippen molar-refractivity contribution in [3.8, 4) is 0 Å². The summed E-state index contributed by atoms with van der Waals surface area (Å²) in [6.45, 7) is 21.1. The van der Waals surface area contributed by atoms with Crippen LogP contribution in [0.4, 0.5) is 0 Å². The monoisotopic (exact) mass is 299 g/mol. The minimum Gasteiger partial charge on any atom is -0.316 e. The van der Waals surface area contributed by atoms with E-state index >= 15 is 0 Å². The number of nitrogens with one attached hydrogen (secondary N) is 1. The molecule has 0 aliphatic rings. The third kappa shape index (κ3) is 13.3. The van der Waals surface area contributed by atoms with Gasteiger partial charge in [0, 0.05) is 0 Å². The molecule has 0 atom stereocenters. The first-order valence-corrected chi connectivity index (χ1v) is 9.29. The van der Waals surface area contributed by atoms with Crippen molar-refractivity contribution in [1.29, 1.82) is 0 Å². The second kappa shape index (κ2) is 14.8. The molecule has 0 amide bonds. The van der Waals surface area contributed by atoms with Gasteiger partial charge in [-0.25, -0.2) is 0 Å². The van der Waals surface area contributed by atoms with Gasteiger partial charge in [0.15, 0.2) is 0 Å². The van der Waals surface area contributed by atoms with Gasteiger partial charge in [0.1, 0.15) is 0 Å². The summed E-state index contributed by atoms with van der Waals surface area (Å²) in [5.41, 5.74) is 0. The molecule has 0 aromatic rings. The Morgan fingerprint density at radius 3 is 1.86 bits per heavy atom. The van der Waals surface area contributed by atoms with Crippen LogP contribution in [-0.2, 0) is 0 Å². The molecule has 3 heteroatoms. The molecule has 0 heterocycles. The topological polar surface area (TPSA) is 18.5 Å². The molecular formula is C18H41N3. The van der Waals surface area contributed by atoms with Crippen molar-refractivity contribution in [2.45, 2.75) is 60.3 Å². The summed E-state index contributed by atoms with van der Waals surface area (Å²) < 4.78 is 0. The van der Waals surface area contributed by atoms with E-state index in [4.69, 9.17) is 0 Å². The highest BCUT2D eigenvalue weighted by Crippen LogP contribution is 2.01. The van der Waals surface area contributed by atoms with Gasteiger partial charge in [-0.05, 0) is 77.5 Å². The van der Waals surface area contributed by atoms with Crippen LogP contribution in [0.1, 0.15) is 60.3 Å². The summed E-state index contributed by atoms with van der Waals surface area (Å²) in [5, 5.41) is 3.53. The lowest BCUT2D eigenvalue weighted by Gasteiger charge is -2.23. The highest BCUT2D eigenvalue weighted by molar-refractivity contribution is 4.60. The van der Waals surface area contributed by atoms with E-state index in [0.29, 0.717) is 0 Å². The second-order valence-electron chi connectivity index (χ2n) is 6.47. The van der Waals surface area contributed by atoms with Gasteiger partial charge in [-0.3, -0.25) is 0 Å². The molecule has 0 aliphatic heterocycles. The number of hydrogen-bond acceptors (Lipinski definition) is 3. The van der Waals surface area contributed by atoms with Crippen LogP contribution in [0, 0.1) is 5.92 Å². The van der Waals surface area contributed by atoms with Crippen LogP contribution in [0.5, 0.6) is 0 Å². The molecule has 0 bridgehead atoms. The molecule has 0 radical (unpaired) electrons. The highest BCUT2D eigenvalue weighted by atomic mass is 15.1. The molecule has 0 fully saturated rings. The van der Waals surface area contributed by atoms with E-state index in [0.717, 1.165) is 12.5 Å². The zero-order valence-electron chi connectivity index (χ0n) is 15.5. The van der Waals surface area contributed by atoms with Crippen LogP contribution < -0.4 is 5.32 Å². The summed E-state index contributed by atoms with van der Waals surface area (Å²) in [6.07, 6.45) is 5.34. The predicted molar refractivity (Wildman–Crippen MR) is 96.1 cm³/mol. The van der Waals surface area contributed by atoms with Crippen molar-refractivity contribution >= 4 is 0 Å². The van der Waals surface area contributed by atoms with Crippen molar-refractivity contribution in [1.82, 2.24) is 15.1 Å². The van der Waals surface area contributed by atoms with E-state index in [1.807, 2.05) is 0 Å². The third-order valence-electron chi connectivity index (χ3n) is 4.17. The second-order valence-corrected chi connectivity index (χ2v) is 6.47. The van der Waals surface area contributed by atoms with E-state index in [-0.39, 0.29) is 0 Å². The van der Waals surface area contributed by atoms with E-state index in [9.17, 15) is 0 Å². The first-order valence-electron chi connectivity index (χ1n) is 9.29. The lowest BCUT2D eigenvalue weighted by atomic mass is 10.2. The largest absolute Gasteiger partial charge is 0.316 e. The van der Waals surface area contributed by atoms with Crippen LogP contribution in [0.15, 0.2) is 0 Å². The van der Waals surface area contributed by atoms with Gasteiger partial charge in [-0.1, -0.05) is 41.0 Å². The third-order valence-corrected chi connectivity index (χ3v) is 4.17. The number of unbranched alkanes of at least 4 members (excludes halogenated alkanes) is 2. The molecule has 128 valence electrons. The first kappa shape index (κ1) is 20.9. The molecule has 0 saturated heterocycles. The Kier molecular flexibility index (Phi) is 14.7. The molecular weight excluding hydrogens is 258 g/mol. The fraction of sp³-hybridized carbons (Fsp3) is 1.00. The van der Waals surface area contributed by atoms with Gasteiger partial charge >= 0.3 is 0 Å². The lowest BCUT2D eigenvalue weighted by molar-refractivity contribution is 0.240. The lowest BCUT2D eigenvalue weighted by Crippen LogP contribution is -2.30. The minimum absolute atomic E-state index is 0.770. The fourth-order valence-corrected chi connectivity index (χ4v) is 2.64. The molecule has 21 heavy (non-hydrogen) atoms. The zero-order chi connectivity index (χ0) is 15.9. The molecule has 0 saturated carbocycles. The summed E-state index contributed by atoms with van der Waals surface area (Å²) in [4.78, 5) is 5.14. The summed E-state index contributed by atoms with van der Waals surface area (Å²) in [5.74, 6) is 0.770. The average molecular weight is 300 g/mol. The fourth-order valence-electron chi connectivity index (χ4n) is 2.64. The van der Waals surface area contributed by atoms with E-state index in [1.54, 1.807) is 0 Å². The van der Waals surface area contributed by atoms with E-state index in [1.165, 1.54) is 71.5 Å². The molecule has 0 aromatic heterocycles. The van der Waals surface area contributed by atoms with Gasteiger partial charge in [-0.15, -0.1) is 0 Å². The Bertz CT molecular complexity index is 203. The maximum Gasteiger partial charge on any atom is -0.000666 e. The van der Waals surface area contributed by atoms with Gasteiger partial charge < -0.3 is 15.1 Å². The highest BCUT2D eigenvalue weighted by Gasteiger charge is 2.04. The van der Waals surface area contributed by atoms with Crippen molar-refractivity contribution < 1.29 is 0 Å². The van der Waals surface area contributed by atoms with Crippen molar-refractivity contribution in [2.75, 3.05) is 52.4 Å². The van der Waals surface area contributed by atoms with E-state index < -0.39 is 0 Å². The van der Waals surface area contributed by atoms with Crippen molar-refractivity contribution in [3.05, 3.63) is 0 Å². The van der Waals surface area contributed by atoms with Gasteiger partial charge in [0.2, 0.25) is 0 Å². The van der Waals surface area contributed by atoms with Crippen molar-refractivity contribution in [3.63, 3.8) is 0 Å². The summed E-state index contributed by atoms with van der Waals surface area (Å²) in [7, 11) is 0. The van der Waals surface area contributed by atoms with Gasteiger partial charge in [0.25, 0.3) is 0 Å². The Hall–Kier alpha value is -0.120. The molecule has 0 aromatic carbocycles. The van der Waals surface area contributed by atoms with Crippen LogP contribution in [0.2, 0.25) is 0 Å². The predicted octanol–water partition coefficient (Wildman–Crippen LogP) is 3.46.